The van der Waals surface area contributed by atoms with Crippen molar-refractivity contribution in [2.75, 3.05) is 6.26 Å². The Balaban J connectivity index is 2.64. The fourth-order valence-corrected chi connectivity index (χ4v) is 6.25. The molecule has 0 saturated heterocycles. The van der Waals surface area contributed by atoms with Gasteiger partial charge in [-0.15, -0.1) is 23.1 Å². The molecule has 0 radical (unpaired) electrons. The first-order valence-electron chi connectivity index (χ1n) is 5.35. The fraction of sp³-hybridized carbons (Fsp3) is 0.0909. The van der Waals surface area contributed by atoms with Crippen LogP contribution in [0.1, 0.15) is 4.88 Å². The second kappa shape index (κ2) is 6.25. The van der Waals surface area contributed by atoms with Crippen molar-refractivity contribution in [3.05, 3.63) is 32.1 Å². The second-order valence-corrected chi connectivity index (χ2v) is 8.65. The summed E-state index contributed by atoms with van der Waals surface area (Å²) in [4.78, 5) is 4.91. The van der Waals surface area contributed by atoms with E-state index in [-0.39, 0.29) is 20.8 Å². The van der Waals surface area contributed by atoms with E-state index in [2.05, 4.69) is 20.9 Å². The Morgan fingerprint density at radius 3 is 2.76 bits per heavy atom. The molecular weight excluding hydrogens is 418 g/mol. The monoisotopic (exact) mass is 425 g/mol. The van der Waals surface area contributed by atoms with E-state index in [0.717, 1.165) is 11.3 Å². The number of hydrogen-bond acceptors (Lipinski definition) is 6. The van der Waals surface area contributed by atoms with Crippen molar-refractivity contribution in [1.82, 2.24) is 4.98 Å². The molecule has 0 aliphatic rings. The zero-order valence-electron chi connectivity index (χ0n) is 10.6. The van der Waals surface area contributed by atoms with E-state index < -0.39 is 9.84 Å². The average molecular weight is 427 g/mol. The van der Waals surface area contributed by atoms with Crippen molar-refractivity contribution < 1.29 is 8.42 Å². The van der Waals surface area contributed by atoms with Crippen molar-refractivity contribution in [3.8, 4) is 0 Å². The van der Waals surface area contributed by atoms with Gasteiger partial charge in [0.05, 0.1) is 19.1 Å². The predicted molar refractivity (Wildman–Crippen MR) is 89.5 cm³/mol. The predicted octanol–water partition coefficient (Wildman–Crippen LogP) is 3.40. The van der Waals surface area contributed by atoms with Crippen LogP contribution in [-0.2, 0) is 9.84 Å². The summed E-state index contributed by atoms with van der Waals surface area (Å²) in [6, 6.07) is 1.40. The molecule has 0 bridgehead atoms. The van der Waals surface area contributed by atoms with Crippen molar-refractivity contribution in [2.24, 2.45) is 5.73 Å². The molecule has 0 fully saturated rings. The SMILES string of the molecule is CSc1c(S(=O)(=O)c2cnc(Cl)c(Br)c2)csc1C(=N)N. The third-order valence-corrected chi connectivity index (χ3v) is 7.67. The van der Waals surface area contributed by atoms with Crippen LogP contribution in [0.15, 0.2) is 36.8 Å². The van der Waals surface area contributed by atoms with Gasteiger partial charge in [-0.1, -0.05) is 11.6 Å². The van der Waals surface area contributed by atoms with Gasteiger partial charge in [-0.05, 0) is 28.3 Å². The molecule has 2 heterocycles. The molecule has 2 aromatic rings. The number of rotatable bonds is 4. The van der Waals surface area contributed by atoms with E-state index in [1.54, 1.807) is 6.26 Å². The van der Waals surface area contributed by atoms with Gasteiger partial charge in [0.15, 0.2) is 0 Å². The van der Waals surface area contributed by atoms with Crippen LogP contribution in [0.25, 0.3) is 0 Å². The number of aromatic nitrogens is 1. The third-order valence-electron chi connectivity index (χ3n) is 2.53. The summed E-state index contributed by atoms with van der Waals surface area (Å²) >= 11 is 11.3. The van der Waals surface area contributed by atoms with Gasteiger partial charge in [0, 0.05) is 16.5 Å². The number of thiophene rings is 1. The lowest BCUT2D eigenvalue weighted by Gasteiger charge is -2.06. The first-order valence-corrected chi connectivity index (χ1v) is 10.1. The molecule has 21 heavy (non-hydrogen) atoms. The number of nitrogens with one attached hydrogen (secondary N) is 1. The van der Waals surface area contributed by atoms with Gasteiger partial charge in [0.2, 0.25) is 9.84 Å². The van der Waals surface area contributed by atoms with Crippen LogP contribution in [0.4, 0.5) is 0 Å². The largest absolute Gasteiger partial charge is 0.383 e. The molecule has 0 aromatic carbocycles. The minimum absolute atomic E-state index is 0.0296. The number of halogens is 2. The number of sulfone groups is 1. The summed E-state index contributed by atoms with van der Waals surface area (Å²) in [5.74, 6) is -0.152. The molecule has 0 spiro atoms. The first-order chi connectivity index (χ1) is 9.78. The number of nitrogen functional groups attached to an aromatic ring is 1. The van der Waals surface area contributed by atoms with E-state index in [9.17, 15) is 8.42 Å². The highest BCUT2D eigenvalue weighted by Gasteiger charge is 2.26. The Morgan fingerprint density at radius 2 is 2.24 bits per heavy atom. The van der Waals surface area contributed by atoms with E-state index in [4.69, 9.17) is 22.7 Å². The van der Waals surface area contributed by atoms with Crippen molar-refractivity contribution in [3.63, 3.8) is 0 Å². The first kappa shape index (κ1) is 16.8. The normalized spacial score (nSPS) is 11.6. The van der Waals surface area contributed by atoms with Crippen molar-refractivity contribution in [1.29, 1.82) is 5.41 Å². The molecule has 0 unspecified atom stereocenters. The number of nitrogens with two attached hydrogens (primary N) is 1. The molecule has 0 amide bonds. The van der Waals surface area contributed by atoms with Gasteiger partial charge >= 0.3 is 0 Å². The lowest BCUT2D eigenvalue weighted by atomic mass is 10.4. The summed E-state index contributed by atoms with van der Waals surface area (Å²) in [6.45, 7) is 0. The van der Waals surface area contributed by atoms with Crippen LogP contribution in [0, 0.1) is 5.41 Å². The summed E-state index contributed by atoms with van der Waals surface area (Å²) in [5, 5.41) is 9.18. The number of pyridine rings is 1. The number of hydrogen-bond donors (Lipinski definition) is 2. The highest BCUT2D eigenvalue weighted by atomic mass is 79.9. The molecule has 0 aliphatic carbocycles. The molecular formula is C11H9BrClN3O2S3. The lowest BCUT2D eigenvalue weighted by Crippen LogP contribution is -2.11. The minimum atomic E-state index is -3.75. The smallest absolute Gasteiger partial charge is 0.210 e. The second-order valence-electron chi connectivity index (χ2n) is 3.82. The molecule has 2 rings (SSSR count). The summed E-state index contributed by atoms with van der Waals surface area (Å²) < 4.78 is 25.8. The lowest BCUT2D eigenvalue weighted by molar-refractivity contribution is 0.594. The van der Waals surface area contributed by atoms with E-state index in [0.29, 0.717) is 14.2 Å². The van der Waals surface area contributed by atoms with Crippen LogP contribution in [0.3, 0.4) is 0 Å². The highest BCUT2D eigenvalue weighted by Crippen LogP contribution is 2.37. The quantitative estimate of drug-likeness (QED) is 0.338. The summed E-state index contributed by atoms with van der Waals surface area (Å²) in [6.07, 6.45) is 2.95. The van der Waals surface area contributed by atoms with E-state index in [1.165, 1.54) is 29.4 Å². The number of thioether (sulfide) groups is 1. The Kier molecular flexibility index (Phi) is 4.99. The Morgan fingerprint density at radius 1 is 1.57 bits per heavy atom. The van der Waals surface area contributed by atoms with E-state index >= 15 is 0 Å². The molecule has 5 nitrogen and oxygen atoms in total. The van der Waals surface area contributed by atoms with Crippen molar-refractivity contribution >= 4 is 66.3 Å². The highest BCUT2D eigenvalue weighted by molar-refractivity contribution is 9.10. The number of amidine groups is 1. The average Bonchev–Trinajstić information content (AvgIpc) is 2.86. The van der Waals surface area contributed by atoms with E-state index in [1.807, 2.05) is 0 Å². The Labute approximate surface area is 143 Å². The topological polar surface area (TPSA) is 96.9 Å². The van der Waals surface area contributed by atoms with Crippen molar-refractivity contribution in [2.45, 2.75) is 14.7 Å². The van der Waals surface area contributed by atoms with Crippen LogP contribution >= 0.6 is 50.6 Å². The number of nitrogens with zero attached hydrogens (tertiary/aromatic N) is 1. The summed E-state index contributed by atoms with van der Waals surface area (Å²) in [7, 11) is -3.75. The Bertz CT molecular complexity index is 820. The zero-order valence-corrected chi connectivity index (χ0v) is 15.3. The molecule has 2 aromatic heterocycles. The van der Waals surface area contributed by atoms with Gasteiger partial charge < -0.3 is 5.73 Å². The zero-order chi connectivity index (χ0) is 15.8. The Hall–Kier alpha value is -0.610. The molecule has 3 N–H and O–H groups in total. The fourth-order valence-electron chi connectivity index (χ4n) is 1.57. The van der Waals surface area contributed by atoms with Gasteiger partial charge in [-0.3, -0.25) is 5.41 Å². The van der Waals surface area contributed by atoms with Crippen LogP contribution in [-0.4, -0.2) is 25.5 Å². The van der Waals surface area contributed by atoms with Gasteiger partial charge in [-0.2, -0.15) is 0 Å². The van der Waals surface area contributed by atoms with Gasteiger partial charge in [0.25, 0.3) is 0 Å². The van der Waals surface area contributed by atoms with Gasteiger partial charge in [0.1, 0.15) is 11.0 Å². The maximum atomic E-state index is 12.7. The van der Waals surface area contributed by atoms with Crippen LogP contribution < -0.4 is 5.73 Å². The third kappa shape index (κ3) is 3.11. The molecule has 0 aliphatic heterocycles. The standard InChI is InChI=1S/C11H9BrClN3O2S3/c1-19-8-7(4-20-9(8)11(14)15)21(17,18)5-2-6(12)10(13)16-3-5/h2-4H,1H3,(H3,14,15). The maximum absolute atomic E-state index is 12.7. The van der Waals surface area contributed by atoms with Gasteiger partial charge in [-0.25, -0.2) is 13.4 Å². The minimum Gasteiger partial charge on any atom is -0.383 e. The molecule has 0 saturated carbocycles. The maximum Gasteiger partial charge on any atom is 0.210 e. The molecule has 0 atom stereocenters. The summed E-state index contributed by atoms with van der Waals surface area (Å²) in [5.41, 5.74) is 5.48. The molecule has 112 valence electrons. The molecule has 10 heteroatoms. The van der Waals surface area contributed by atoms with Crippen LogP contribution in [0.5, 0.6) is 0 Å². The van der Waals surface area contributed by atoms with Crippen LogP contribution in [0.2, 0.25) is 5.15 Å².